The van der Waals surface area contributed by atoms with Crippen molar-refractivity contribution in [1.29, 1.82) is 0 Å². The third-order valence-electron chi connectivity index (χ3n) is 2.18. The molecule has 0 aliphatic carbocycles. The summed E-state index contributed by atoms with van der Waals surface area (Å²) in [6, 6.07) is 4.67. The normalized spacial score (nSPS) is 13.4. The van der Waals surface area contributed by atoms with E-state index in [1.165, 1.54) is 6.07 Å². The number of halogens is 2. The van der Waals surface area contributed by atoms with E-state index >= 15 is 0 Å². The molecule has 0 aliphatic rings. The summed E-state index contributed by atoms with van der Waals surface area (Å²) >= 11 is 5.78. The summed E-state index contributed by atoms with van der Waals surface area (Å²) in [6.45, 7) is 1.94. The highest BCUT2D eigenvalue weighted by Crippen LogP contribution is 2.23. The highest BCUT2D eigenvalue weighted by Gasteiger charge is 2.12. The Balaban J connectivity index is 3.05. The molecule has 3 heteroatoms. The minimum absolute atomic E-state index is 0.0405. The summed E-state index contributed by atoms with van der Waals surface area (Å²) in [6.07, 6.45) is 0. The third kappa shape index (κ3) is 2.42. The lowest BCUT2D eigenvalue weighted by atomic mass is 10.1. The Morgan fingerprint density at radius 2 is 2.00 bits per heavy atom. The van der Waals surface area contributed by atoms with Gasteiger partial charge in [-0.05, 0) is 39.2 Å². The van der Waals surface area contributed by atoms with Crippen molar-refractivity contribution in [2.45, 2.75) is 13.0 Å². The molecule has 1 aromatic carbocycles. The molecule has 1 aromatic rings. The van der Waals surface area contributed by atoms with Crippen LogP contribution in [-0.4, -0.2) is 19.0 Å². The maximum Gasteiger partial charge on any atom is 0.128 e. The van der Waals surface area contributed by atoms with Crippen LogP contribution in [0.25, 0.3) is 0 Å². The average molecular weight is 202 g/mol. The van der Waals surface area contributed by atoms with Gasteiger partial charge in [-0.15, -0.1) is 0 Å². The van der Waals surface area contributed by atoms with Gasteiger partial charge in [-0.3, -0.25) is 0 Å². The van der Waals surface area contributed by atoms with E-state index in [2.05, 4.69) is 0 Å². The highest BCUT2D eigenvalue weighted by atomic mass is 35.5. The molecule has 0 spiro atoms. The molecule has 0 fully saturated rings. The van der Waals surface area contributed by atoms with Crippen LogP contribution in [0.15, 0.2) is 18.2 Å². The van der Waals surface area contributed by atoms with Gasteiger partial charge in [0.2, 0.25) is 0 Å². The molecule has 1 atom stereocenters. The van der Waals surface area contributed by atoms with Crippen molar-refractivity contribution in [1.82, 2.24) is 4.90 Å². The Bertz CT molecular complexity index is 299. The summed E-state index contributed by atoms with van der Waals surface area (Å²) in [4.78, 5) is 1.94. The van der Waals surface area contributed by atoms with Crippen LogP contribution in [0.5, 0.6) is 0 Å². The van der Waals surface area contributed by atoms with Gasteiger partial charge in [-0.25, -0.2) is 4.39 Å². The Kier molecular flexibility index (Phi) is 3.28. The van der Waals surface area contributed by atoms with Crippen LogP contribution in [0.3, 0.4) is 0 Å². The van der Waals surface area contributed by atoms with Gasteiger partial charge in [0.25, 0.3) is 0 Å². The lowest BCUT2D eigenvalue weighted by Crippen LogP contribution is -2.17. The summed E-state index contributed by atoms with van der Waals surface area (Å²) in [5.41, 5.74) is 0.637. The van der Waals surface area contributed by atoms with Crippen molar-refractivity contribution in [2.24, 2.45) is 0 Å². The van der Waals surface area contributed by atoms with Crippen LogP contribution < -0.4 is 0 Å². The van der Waals surface area contributed by atoms with Crippen molar-refractivity contribution in [3.05, 3.63) is 34.6 Å². The van der Waals surface area contributed by atoms with E-state index < -0.39 is 0 Å². The fraction of sp³-hybridized carbons (Fsp3) is 0.400. The third-order valence-corrected chi connectivity index (χ3v) is 2.42. The van der Waals surface area contributed by atoms with Gasteiger partial charge in [0.1, 0.15) is 5.82 Å². The molecule has 72 valence electrons. The van der Waals surface area contributed by atoms with Gasteiger partial charge in [0.05, 0.1) is 0 Å². The Morgan fingerprint density at radius 3 is 2.54 bits per heavy atom. The van der Waals surface area contributed by atoms with Gasteiger partial charge in [-0.1, -0.05) is 11.6 Å². The van der Waals surface area contributed by atoms with Crippen LogP contribution >= 0.6 is 11.6 Å². The topological polar surface area (TPSA) is 3.24 Å². The maximum absolute atomic E-state index is 13.3. The first-order valence-corrected chi connectivity index (χ1v) is 4.51. The molecule has 1 nitrogen and oxygen atoms in total. The first kappa shape index (κ1) is 10.5. The largest absolute Gasteiger partial charge is 0.303 e. The van der Waals surface area contributed by atoms with Gasteiger partial charge < -0.3 is 4.90 Å². The fourth-order valence-electron chi connectivity index (χ4n) is 1.11. The molecule has 0 aromatic heterocycles. The van der Waals surface area contributed by atoms with E-state index in [0.29, 0.717) is 10.6 Å². The van der Waals surface area contributed by atoms with Crippen LogP contribution in [-0.2, 0) is 0 Å². The molecule has 1 rings (SSSR count). The summed E-state index contributed by atoms with van der Waals surface area (Å²) in [5, 5.41) is 0.574. The standard InChI is InChI=1S/C10H13ClFN/c1-7(13(2)3)9-6-8(11)4-5-10(9)12/h4-7H,1-3H3. The summed E-state index contributed by atoms with van der Waals surface area (Å²) in [5.74, 6) is -0.203. The predicted molar refractivity (Wildman–Crippen MR) is 53.5 cm³/mol. The smallest absolute Gasteiger partial charge is 0.128 e. The molecule has 0 radical (unpaired) electrons. The van der Waals surface area contributed by atoms with Crippen LogP contribution in [0.2, 0.25) is 5.02 Å². The number of nitrogens with zero attached hydrogens (tertiary/aromatic N) is 1. The van der Waals surface area contributed by atoms with Crippen LogP contribution in [0.4, 0.5) is 4.39 Å². The summed E-state index contributed by atoms with van der Waals surface area (Å²) < 4.78 is 13.3. The minimum Gasteiger partial charge on any atom is -0.303 e. The molecule has 0 bridgehead atoms. The monoisotopic (exact) mass is 201 g/mol. The van der Waals surface area contributed by atoms with Crippen molar-refractivity contribution in [3.63, 3.8) is 0 Å². The number of hydrogen-bond acceptors (Lipinski definition) is 1. The first-order chi connectivity index (χ1) is 6.02. The fourth-order valence-corrected chi connectivity index (χ4v) is 1.29. The van der Waals surface area contributed by atoms with E-state index in [1.54, 1.807) is 12.1 Å². The quantitative estimate of drug-likeness (QED) is 0.711. The second kappa shape index (κ2) is 4.07. The second-order valence-corrected chi connectivity index (χ2v) is 3.74. The van der Waals surface area contributed by atoms with Crippen LogP contribution in [0, 0.1) is 5.82 Å². The highest BCUT2D eigenvalue weighted by molar-refractivity contribution is 6.30. The molecule has 0 heterocycles. The van der Waals surface area contributed by atoms with E-state index in [-0.39, 0.29) is 11.9 Å². The maximum atomic E-state index is 13.3. The Morgan fingerprint density at radius 1 is 1.38 bits per heavy atom. The zero-order valence-electron chi connectivity index (χ0n) is 8.01. The number of benzene rings is 1. The first-order valence-electron chi connectivity index (χ1n) is 4.13. The van der Waals surface area contributed by atoms with Gasteiger partial charge >= 0.3 is 0 Å². The Hall–Kier alpha value is -0.600. The van der Waals surface area contributed by atoms with E-state index in [4.69, 9.17) is 11.6 Å². The van der Waals surface area contributed by atoms with Crippen LogP contribution in [0.1, 0.15) is 18.5 Å². The number of rotatable bonds is 2. The van der Waals surface area contributed by atoms with Gasteiger partial charge in [0, 0.05) is 16.6 Å². The average Bonchev–Trinajstić information content (AvgIpc) is 2.08. The molecular weight excluding hydrogens is 189 g/mol. The van der Waals surface area contributed by atoms with Gasteiger partial charge in [0.15, 0.2) is 0 Å². The van der Waals surface area contributed by atoms with Crippen molar-refractivity contribution in [2.75, 3.05) is 14.1 Å². The van der Waals surface area contributed by atoms with Crippen molar-refractivity contribution < 1.29 is 4.39 Å². The molecule has 0 aliphatic heterocycles. The lowest BCUT2D eigenvalue weighted by molar-refractivity contribution is 0.313. The Labute approximate surface area is 83.1 Å². The van der Waals surface area contributed by atoms with E-state index in [9.17, 15) is 4.39 Å². The second-order valence-electron chi connectivity index (χ2n) is 3.31. The molecular formula is C10H13ClFN. The van der Waals surface area contributed by atoms with Crippen molar-refractivity contribution >= 4 is 11.6 Å². The number of hydrogen-bond donors (Lipinski definition) is 0. The molecule has 13 heavy (non-hydrogen) atoms. The molecule has 0 saturated carbocycles. The molecule has 0 amide bonds. The molecule has 1 unspecified atom stereocenters. The summed E-state index contributed by atoms with van der Waals surface area (Å²) in [7, 11) is 3.82. The van der Waals surface area contributed by atoms with E-state index in [0.717, 1.165) is 0 Å². The molecule has 0 N–H and O–H groups in total. The van der Waals surface area contributed by atoms with E-state index in [1.807, 2.05) is 25.9 Å². The van der Waals surface area contributed by atoms with Gasteiger partial charge in [-0.2, -0.15) is 0 Å². The van der Waals surface area contributed by atoms with Crippen molar-refractivity contribution in [3.8, 4) is 0 Å². The SMILES string of the molecule is CC(c1cc(Cl)ccc1F)N(C)C. The molecule has 0 saturated heterocycles. The zero-order chi connectivity index (χ0) is 10.0. The minimum atomic E-state index is -0.203. The zero-order valence-corrected chi connectivity index (χ0v) is 8.77. The lowest BCUT2D eigenvalue weighted by Gasteiger charge is -2.20. The predicted octanol–water partition coefficient (Wildman–Crippen LogP) is 3.10.